The highest BCUT2D eigenvalue weighted by molar-refractivity contribution is 6.51. The lowest BCUT2D eigenvalue weighted by Gasteiger charge is -2.33. The van der Waals surface area contributed by atoms with Crippen molar-refractivity contribution >= 4 is 28.9 Å². The molecule has 1 aliphatic carbocycles. The lowest BCUT2D eigenvalue weighted by molar-refractivity contribution is -0.132. The van der Waals surface area contributed by atoms with Gasteiger partial charge in [-0.3, -0.25) is 9.59 Å². The number of anilines is 1. The molecular weight excluding hydrogens is 458 g/mol. The van der Waals surface area contributed by atoms with Crippen LogP contribution in [0, 0.1) is 0 Å². The summed E-state index contributed by atoms with van der Waals surface area (Å²) in [5, 5.41) is 15.0. The van der Waals surface area contributed by atoms with Gasteiger partial charge in [0.05, 0.1) is 5.70 Å². The fraction of sp³-hybridized carbons (Fsp3) is 0.400. The number of aliphatic hydroxyl groups is 1. The molecule has 0 saturated carbocycles. The van der Waals surface area contributed by atoms with Crippen LogP contribution in [0.25, 0.3) is 0 Å². The van der Waals surface area contributed by atoms with Crippen LogP contribution in [-0.4, -0.2) is 16.7 Å². The van der Waals surface area contributed by atoms with E-state index in [1.54, 1.807) is 12.1 Å². The van der Waals surface area contributed by atoms with Gasteiger partial charge in [0.15, 0.2) is 0 Å². The average Bonchev–Trinajstić information content (AvgIpc) is 2.87. The van der Waals surface area contributed by atoms with E-state index in [-0.39, 0.29) is 11.3 Å². The largest absolute Gasteiger partial charge is 0.505 e. The molecule has 1 aliphatic heterocycles. The van der Waals surface area contributed by atoms with Gasteiger partial charge in [0.2, 0.25) is 11.6 Å². The fourth-order valence-corrected chi connectivity index (χ4v) is 5.29. The normalized spacial score (nSPS) is 17.4. The van der Waals surface area contributed by atoms with E-state index in [2.05, 4.69) is 12.2 Å². The van der Waals surface area contributed by atoms with E-state index in [9.17, 15) is 14.7 Å². The quantitative estimate of drug-likeness (QED) is 0.189. The first kappa shape index (κ1) is 25.2. The van der Waals surface area contributed by atoms with E-state index < -0.39 is 17.5 Å². The van der Waals surface area contributed by atoms with Gasteiger partial charge in [-0.05, 0) is 42.2 Å². The van der Waals surface area contributed by atoms with Crippen LogP contribution in [-0.2, 0) is 9.59 Å². The Balaban J connectivity index is 1.54. The maximum absolute atomic E-state index is 13.4. The number of aliphatic hydroxyl groups excluding tert-OH is 1. The van der Waals surface area contributed by atoms with Crippen LogP contribution in [0.3, 0.4) is 0 Å². The van der Waals surface area contributed by atoms with Crippen molar-refractivity contribution in [2.45, 2.75) is 77.0 Å². The third kappa shape index (κ3) is 5.54. The maximum atomic E-state index is 13.4. The summed E-state index contributed by atoms with van der Waals surface area (Å²) < 4.78 is 0. The van der Waals surface area contributed by atoms with Crippen molar-refractivity contribution in [2.75, 3.05) is 5.32 Å². The first-order valence-electron chi connectivity index (χ1n) is 12.9. The zero-order chi connectivity index (χ0) is 24.8. The number of hydrogen-bond acceptors (Lipinski definition) is 4. The van der Waals surface area contributed by atoms with Crippen molar-refractivity contribution in [3.05, 3.63) is 87.3 Å². The zero-order valence-electron chi connectivity index (χ0n) is 20.4. The van der Waals surface area contributed by atoms with Crippen LogP contribution in [0.2, 0.25) is 5.02 Å². The minimum atomic E-state index is -0.582. The van der Waals surface area contributed by atoms with Gasteiger partial charge in [-0.2, -0.15) is 0 Å². The second kappa shape index (κ2) is 11.7. The summed E-state index contributed by atoms with van der Waals surface area (Å²) in [7, 11) is 0. The molecule has 184 valence electrons. The molecular formula is C30H34ClNO3. The Hall–Kier alpha value is -2.85. The summed E-state index contributed by atoms with van der Waals surface area (Å²) in [6, 6.07) is 15.0. The molecule has 1 unspecified atom stereocenters. The predicted octanol–water partition coefficient (Wildman–Crippen LogP) is 8.04. The predicted molar refractivity (Wildman–Crippen MR) is 142 cm³/mol. The molecule has 0 amide bonds. The smallest absolute Gasteiger partial charge is 0.233 e. The van der Waals surface area contributed by atoms with Crippen LogP contribution in [0.1, 0.15) is 88.2 Å². The van der Waals surface area contributed by atoms with Gasteiger partial charge in [-0.25, -0.2) is 0 Å². The molecule has 2 aliphatic rings. The number of halogens is 1. The Morgan fingerprint density at radius 1 is 0.829 bits per heavy atom. The van der Waals surface area contributed by atoms with Crippen LogP contribution in [0.15, 0.2) is 71.1 Å². The number of carbonyl (C=O) groups is 2. The Bertz CT molecular complexity index is 1150. The van der Waals surface area contributed by atoms with Crippen LogP contribution < -0.4 is 5.32 Å². The second-order valence-corrected chi connectivity index (χ2v) is 9.99. The molecule has 2 aromatic carbocycles. The van der Waals surface area contributed by atoms with E-state index in [1.165, 1.54) is 38.5 Å². The minimum Gasteiger partial charge on any atom is -0.505 e. The lowest BCUT2D eigenvalue weighted by Crippen LogP contribution is -2.34. The van der Waals surface area contributed by atoms with Crippen LogP contribution in [0.4, 0.5) is 5.69 Å². The molecule has 5 heteroatoms. The van der Waals surface area contributed by atoms with E-state index in [0.29, 0.717) is 22.7 Å². The third-order valence-electron chi connectivity index (χ3n) is 7.07. The van der Waals surface area contributed by atoms with Crippen LogP contribution >= 0.6 is 11.6 Å². The van der Waals surface area contributed by atoms with Gasteiger partial charge in [0.1, 0.15) is 5.76 Å². The number of nitrogens with one attached hydrogen (secondary N) is 1. The van der Waals surface area contributed by atoms with Crippen molar-refractivity contribution < 1.29 is 14.7 Å². The van der Waals surface area contributed by atoms with Gasteiger partial charge in [0.25, 0.3) is 0 Å². The number of allylic oxidation sites excluding steroid dienone is 2. The van der Waals surface area contributed by atoms with Gasteiger partial charge >= 0.3 is 0 Å². The van der Waals surface area contributed by atoms with Gasteiger partial charge in [0, 0.05) is 27.8 Å². The van der Waals surface area contributed by atoms with Gasteiger partial charge < -0.3 is 10.4 Å². The Labute approximate surface area is 213 Å². The molecule has 0 saturated heterocycles. The van der Waals surface area contributed by atoms with Crippen LogP contribution in [0.5, 0.6) is 0 Å². The van der Waals surface area contributed by atoms with Crippen molar-refractivity contribution in [2.24, 2.45) is 0 Å². The summed E-state index contributed by atoms with van der Waals surface area (Å²) >= 11 is 6.10. The Morgan fingerprint density at radius 3 is 2.14 bits per heavy atom. The molecule has 0 radical (unpaired) electrons. The molecule has 1 atom stereocenters. The fourth-order valence-electron chi connectivity index (χ4n) is 5.16. The third-order valence-corrected chi connectivity index (χ3v) is 7.32. The molecule has 35 heavy (non-hydrogen) atoms. The number of benzene rings is 2. The molecule has 0 aromatic heterocycles. The summed E-state index contributed by atoms with van der Waals surface area (Å²) in [5.74, 6) is -1.66. The Morgan fingerprint density at radius 2 is 1.46 bits per heavy atom. The summed E-state index contributed by atoms with van der Waals surface area (Å²) in [4.78, 5) is 26.6. The number of rotatable bonds is 11. The number of para-hydroxylation sites is 1. The van der Waals surface area contributed by atoms with Crippen molar-refractivity contribution in [1.29, 1.82) is 0 Å². The summed E-state index contributed by atoms with van der Waals surface area (Å²) in [6.45, 7) is 2.22. The zero-order valence-corrected chi connectivity index (χ0v) is 21.2. The number of Topliss-reactive ketones (excluding diaryl/α,β-unsaturated/α-hetero) is 2. The second-order valence-electron chi connectivity index (χ2n) is 9.55. The van der Waals surface area contributed by atoms with E-state index in [0.717, 1.165) is 36.1 Å². The van der Waals surface area contributed by atoms with E-state index in [4.69, 9.17) is 11.6 Å². The number of ketones is 2. The first-order valence-corrected chi connectivity index (χ1v) is 13.3. The molecule has 0 fully saturated rings. The highest BCUT2D eigenvalue weighted by Gasteiger charge is 2.42. The standard InChI is InChI=1S/C30H34ClNO3/c1-2-3-4-5-6-7-8-9-10-14-23-28(33)27-26(30(35)29(23)34)25(20-16-18-21(31)19-17-20)22-13-11-12-15-24(22)32-27/h11-13,15-19,25,32-33H,2-10,14H2,1H3. The summed E-state index contributed by atoms with van der Waals surface area (Å²) in [5.41, 5.74) is 3.47. The molecule has 2 N–H and O–H groups in total. The Kier molecular flexibility index (Phi) is 8.46. The first-order chi connectivity index (χ1) is 17.0. The van der Waals surface area contributed by atoms with Gasteiger partial charge in [-0.15, -0.1) is 0 Å². The highest BCUT2D eigenvalue weighted by Crippen LogP contribution is 2.46. The molecule has 2 aromatic rings. The van der Waals surface area contributed by atoms with Crippen molar-refractivity contribution in [3.8, 4) is 0 Å². The maximum Gasteiger partial charge on any atom is 0.233 e. The van der Waals surface area contributed by atoms with E-state index in [1.807, 2.05) is 36.4 Å². The monoisotopic (exact) mass is 491 g/mol. The number of carbonyl (C=O) groups excluding carboxylic acids is 2. The average molecular weight is 492 g/mol. The molecule has 4 nitrogen and oxygen atoms in total. The topological polar surface area (TPSA) is 66.4 Å². The molecule has 0 bridgehead atoms. The van der Waals surface area contributed by atoms with Crippen molar-refractivity contribution in [1.82, 2.24) is 0 Å². The molecule has 4 rings (SSSR count). The number of fused-ring (bicyclic) bond motifs is 1. The lowest BCUT2D eigenvalue weighted by atomic mass is 9.74. The van der Waals surface area contributed by atoms with Gasteiger partial charge in [-0.1, -0.05) is 100 Å². The highest BCUT2D eigenvalue weighted by atomic mass is 35.5. The summed E-state index contributed by atoms with van der Waals surface area (Å²) in [6.07, 6.45) is 10.9. The van der Waals surface area contributed by atoms with E-state index >= 15 is 0 Å². The molecule has 1 heterocycles. The van der Waals surface area contributed by atoms with Crippen molar-refractivity contribution in [3.63, 3.8) is 0 Å². The number of hydrogen-bond donors (Lipinski definition) is 2. The minimum absolute atomic E-state index is 0.0855. The SMILES string of the molecule is CCCCCCCCCCCC1=C(O)C2=C(C(=O)C1=O)C(c1ccc(Cl)cc1)c1ccccc1N2. The number of unbranched alkanes of at least 4 members (excludes halogenated alkanes) is 8. The molecule has 0 spiro atoms.